The molecule has 1 amide bonds. The fourth-order valence-corrected chi connectivity index (χ4v) is 1.98. The molecule has 0 aliphatic rings. The number of hydrogen-bond acceptors (Lipinski definition) is 4. The summed E-state index contributed by atoms with van der Waals surface area (Å²) in [5.74, 6) is 1.20. The molecule has 5 nitrogen and oxygen atoms in total. The Morgan fingerprint density at radius 2 is 1.61 bits per heavy atom. The maximum absolute atomic E-state index is 11.9. The second-order valence-corrected chi connectivity index (χ2v) is 5.00. The lowest BCUT2D eigenvalue weighted by atomic mass is 10.2. The largest absolute Gasteiger partial charge is 0.492 e. The molecule has 0 fully saturated rings. The number of amides is 1. The number of nitrogens with two attached hydrogens (primary N) is 1. The maximum Gasteiger partial charge on any atom is 0.262 e. The molecule has 0 radical (unpaired) electrons. The van der Waals surface area contributed by atoms with Gasteiger partial charge in [0.25, 0.3) is 5.91 Å². The zero-order valence-electron chi connectivity index (χ0n) is 13.2. The van der Waals surface area contributed by atoms with E-state index in [2.05, 4.69) is 12.2 Å². The van der Waals surface area contributed by atoms with Crippen LogP contribution in [0.15, 0.2) is 48.5 Å². The third-order valence-electron chi connectivity index (χ3n) is 3.23. The van der Waals surface area contributed by atoms with Gasteiger partial charge in [0.1, 0.15) is 18.1 Å². The number of rotatable bonds is 8. The fourth-order valence-electron chi connectivity index (χ4n) is 1.98. The van der Waals surface area contributed by atoms with E-state index in [1.807, 2.05) is 24.3 Å². The summed E-state index contributed by atoms with van der Waals surface area (Å²) < 4.78 is 10.8. The molecule has 0 heterocycles. The summed E-state index contributed by atoms with van der Waals surface area (Å²) in [4.78, 5) is 11.9. The first kappa shape index (κ1) is 16.8. The molecule has 122 valence electrons. The van der Waals surface area contributed by atoms with Crippen molar-refractivity contribution in [3.8, 4) is 11.5 Å². The Bertz CT molecular complexity index is 609. The predicted octanol–water partition coefficient (Wildman–Crippen LogP) is 2.60. The van der Waals surface area contributed by atoms with Crippen molar-refractivity contribution in [2.45, 2.75) is 13.3 Å². The van der Waals surface area contributed by atoms with Crippen LogP contribution < -0.4 is 20.5 Å². The van der Waals surface area contributed by atoms with Crippen molar-refractivity contribution in [2.24, 2.45) is 5.73 Å². The van der Waals surface area contributed by atoms with Gasteiger partial charge >= 0.3 is 0 Å². The van der Waals surface area contributed by atoms with Crippen LogP contribution in [-0.4, -0.2) is 25.7 Å². The van der Waals surface area contributed by atoms with E-state index < -0.39 is 0 Å². The van der Waals surface area contributed by atoms with Crippen LogP contribution in [0, 0.1) is 0 Å². The Kier molecular flexibility index (Phi) is 6.44. The zero-order valence-corrected chi connectivity index (χ0v) is 13.2. The van der Waals surface area contributed by atoms with Crippen LogP contribution >= 0.6 is 0 Å². The van der Waals surface area contributed by atoms with Gasteiger partial charge in [0.15, 0.2) is 6.61 Å². The highest BCUT2D eigenvalue weighted by atomic mass is 16.5. The van der Waals surface area contributed by atoms with Crippen LogP contribution in [0.1, 0.15) is 12.5 Å². The summed E-state index contributed by atoms with van der Waals surface area (Å²) in [6, 6.07) is 14.9. The van der Waals surface area contributed by atoms with Crippen molar-refractivity contribution in [3.05, 3.63) is 54.1 Å². The van der Waals surface area contributed by atoms with E-state index in [1.165, 1.54) is 5.56 Å². The molecule has 0 saturated heterocycles. The van der Waals surface area contributed by atoms with Crippen LogP contribution in [0.3, 0.4) is 0 Å². The molecule has 0 unspecified atom stereocenters. The van der Waals surface area contributed by atoms with Gasteiger partial charge in [0.2, 0.25) is 0 Å². The van der Waals surface area contributed by atoms with Crippen LogP contribution in [0.5, 0.6) is 11.5 Å². The molecular weight excluding hydrogens is 292 g/mol. The van der Waals surface area contributed by atoms with Gasteiger partial charge in [0, 0.05) is 12.2 Å². The minimum Gasteiger partial charge on any atom is -0.492 e. The first-order valence-corrected chi connectivity index (χ1v) is 7.65. The normalized spacial score (nSPS) is 10.2. The molecule has 5 heteroatoms. The highest BCUT2D eigenvalue weighted by molar-refractivity contribution is 5.91. The molecule has 2 aromatic carbocycles. The fraction of sp³-hybridized carbons (Fsp3) is 0.278. The lowest BCUT2D eigenvalue weighted by Gasteiger charge is -2.09. The van der Waals surface area contributed by atoms with Crippen molar-refractivity contribution >= 4 is 11.6 Å². The third kappa shape index (κ3) is 5.64. The number of ether oxygens (including phenoxy) is 2. The van der Waals surface area contributed by atoms with E-state index in [9.17, 15) is 4.79 Å². The van der Waals surface area contributed by atoms with Crippen molar-refractivity contribution < 1.29 is 14.3 Å². The van der Waals surface area contributed by atoms with E-state index in [1.54, 1.807) is 24.3 Å². The smallest absolute Gasteiger partial charge is 0.262 e. The average molecular weight is 314 g/mol. The number of aryl methyl sites for hydroxylation is 1. The Labute approximate surface area is 136 Å². The summed E-state index contributed by atoms with van der Waals surface area (Å²) in [5.41, 5.74) is 7.30. The zero-order chi connectivity index (χ0) is 16.5. The summed E-state index contributed by atoms with van der Waals surface area (Å²) in [6.07, 6.45) is 0.978. The molecule has 3 N–H and O–H groups in total. The maximum atomic E-state index is 11.9. The average Bonchev–Trinajstić information content (AvgIpc) is 2.60. The minimum atomic E-state index is -0.208. The number of carbonyl (C=O) groups excluding carboxylic acids is 1. The van der Waals surface area contributed by atoms with Crippen molar-refractivity contribution in [2.75, 3.05) is 25.1 Å². The minimum absolute atomic E-state index is 0.0309. The van der Waals surface area contributed by atoms with Gasteiger partial charge in [-0.05, 0) is 48.4 Å². The third-order valence-corrected chi connectivity index (χ3v) is 3.23. The SMILES string of the molecule is CCc1ccc(OCC(=O)Nc2ccc(OCCN)cc2)cc1. The molecule has 23 heavy (non-hydrogen) atoms. The van der Waals surface area contributed by atoms with E-state index in [4.69, 9.17) is 15.2 Å². The molecular formula is C18H22N2O3. The molecule has 2 rings (SSSR count). The van der Waals surface area contributed by atoms with E-state index in [0.29, 0.717) is 24.6 Å². The van der Waals surface area contributed by atoms with Crippen molar-refractivity contribution in [3.63, 3.8) is 0 Å². The summed E-state index contributed by atoms with van der Waals surface area (Å²) in [6.45, 7) is 3.00. The molecule has 0 aromatic heterocycles. The number of carbonyl (C=O) groups is 1. The van der Waals surface area contributed by atoms with Crippen LogP contribution in [-0.2, 0) is 11.2 Å². The van der Waals surface area contributed by atoms with Gasteiger partial charge in [0.05, 0.1) is 0 Å². The number of nitrogens with one attached hydrogen (secondary N) is 1. The second kappa shape index (κ2) is 8.80. The van der Waals surface area contributed by atoms with Crippen LogP contribution in [0.25, 0.3) is 0 Å². The van der Waals surface area contributed by atoms with E-state index >= 15 is 0 Å². The summed E-state index contributed by atoms with van der Waals surface area (Å²) >= 11 is 0. The second-order valence-electron chi connectivity index (χ2n) is 5.00. The van der Waals surface area contributed by atoms with Gasteiger partial charge in [-0.2, -0.15) is 0 Å². The molecule has 0 saturated carbocycles. The van der Waals surface area contributed by atoms with Crippen molar-refractivity contribution in [1.82, 2.24) is 0 Å². The monoisotopic (exact) mass is 314 g/mol. The number of benzene rings is 2. The van der Waals surface area contributed by atoms with Crippen molar-refractivity contribution in [1.29, 1.82) is 0 Å². The molecule has 0 bridgehead atoms. The highest BCUT2D eigenvalue weighted by Gasteiger charge is 2.04. The molecule has 0 aliphatic carbocycles. The lowest BCUT2D eigenvalue weighted by Crippen LogP contribution is -2.20. The molecule has 0 spiro atoms. The Hall–Kier alpha value is -2.53. The van der Waals surface area contributed by atoms with E-state index in [0.717, 1.165) is 12.2 Å². The van der Waals surface area contributed by atoms with E-state index in [-0.39, 0.29) is 12.5 Å². The molecule has 0 atom stereocenters. The topological polar surface area (TPSA) is 73.6 Å². The highest BCUT2D eigenvalue weighted by Crippen LogP contribution is 2.16. The van der Waals surface area contributed by atoms with Crippen LogP contribution in [0.2, 0.25) is 0 Å². The van der Waals surface area contributed by atoms with Crippen LogP contribution in [0.4, 0.5) is 5.69 Å². The number of hydrogen-bond donors (Lipinski definition) is 2. The van der Waals surface area contributed by atoms with Gasteiger partial charge in [-0.1, -0.05) is 19.1 Å². The standard InChI is InChI=1S/C18H22N2O3/c1-2-14-3-7-17(8-4-14)23-13-18(21)20-15-5-9-16(10-6-15)22-12-11-19/h3-10H,2,11-13,19H2,1H3,(H,20,21). The summed E-state index contributed by atoms with van der Waals surface area (Å²) in [7, 11) is 0. The Morgan fingerprint density at radius 1 is 1.00 bits per heavy atom. The predicted molar refractivity (Wildman–Crippen MR) is 90.9 cm³/mol. The van der Waals surface area contributed by atoms with Gasteiger partial charge in [-0.3, -0.25) is 4.79 Å². The van der Waals surface area contributed by atoms with Gasteiger partial charge in [-0.15, -0.1) is 0 Å². The Morgan fingerprint density at radius 3 is 2.22 bits per heavy atom. The first-order valence-electron chi connectivity index (χ1n) is 7.65. The molecule has 0 aliphatic heterocycles. The summed E-state index contributed by atoms with van der Waals surface area (Å²) in [5, 5.41) is 2.77. The lowest BCUT2D eigenvalue weighted by molar-refractivity contribution is -0.118. The first-order chi connectivity index (χ1) is 11.2. The van der Waals surface area contributed by atoms with Gasteiger partial charge < -0.3 is 20.5 Å². The van der Waals surface area contributed by atoms with Gasteiger partial charge in [-0.25, -0.2) is 0 Å². The molecule has 2 aromatic rings. The Balaban J connectivity index is 1.79. The quantitative estimate of drug-likeness (QED) is 0.785. The number of anilines is 1.